The average Bonchev–Trinajstić information content (AvgIpc) is 1.89. The minimum atomic E-state index is 0. The molecule has 1 nitrogen and oxygen atoms in total. The summed E-state index contributed by atoms with van der Waals surface area (Å²) in [5.41, 5.74) is 1.80. The van der Waals surface area contributed by atoms with Crippen molar-refractivity contribution in [3.63, 3.8) is 0 Å². The smallest absolute Gasteiger partial charge is 0.0994 e. The number of nitriles is 1. The van der Waals surface area contributed by atoms with E-state index in [2.05, 4.69) is 6.07 Å². The fourth-order valence-electron chi connectivity index (χ4n) is 0.698. The highest BCUT2D eigenvalue weighted by molar-refractivity contribution is 5.85. The summed E-state index contributed by atoms with van der Waals surface area (Å²) >= 11 is 0. The van der Waals surface area contributed by atoms with E-state index in [-0.39, 0.29) is 24.8 Å². The van der Waals surface area contributed by atoms with Gasteiger partial charge >= 0.3 is 0 Å². The van der Waals surface area contributed by atoms with Crippen molar-refractivity contribution < 1.29 is 0 Å². The van der Waals surface area contributed by atoms with E-state index in [1.807, 2.05) is 31.2 Å². The molecule has 0 aliphatic rings. The molecule has 3 heteroatoms. The van der Waals surface area contributed by atoms with Crippen LogP contribution < -0.4 is 0 Å². The van der Waals surface area contributed by atoms with Crippen LogP contribution in [-0.4, -0.2) is 0 Å². The van der Waals surface area contributed by atoms with Gasteiger partial charge in [0.1, 0.15) is 0 Å². The van der Waals surface area contributed by atoms with Crippen LogP contribution in [0, 0.1) is 18.3 Å². The second kappa shape index (κ2) is 6.03. The summed E-state index contributed by atoms with van der Waals surface area (Å²) in [4.78, 5) is 0. The van der Waals surface area contributed by atoms with Gasteiger partial charge in [-0.3, -0.25) is 0 Å². The Hall–Kier alpha value is -0.710. The SMILES string of the molecule is Cc1ccccc1C#N.Cl.Cl. The zero-order chi connectivity index (χ0) is 6.69. The van der Waals surface area contributed by atoms with Crippen LogP contribution in [0.5, 0.6) is 0 Å². The maximum absolute atomic E-state index is 8.47. The Morgan fingerprint density at radius 3 is 2.09 bits per heavy atom. The van der Waals surface area contributed by atoms with E-state index in [1.54, 1.807) is 0 Å². The maximum atomic E-state index is 8.47. The third-order valence-corrected chi connectivity index (χ3v) is 1.27. The van der Waals surface area contributed by atoms with Gasteiger partial charge in [-0.25, -0.2) is 0 Å². The maximum Gasteiger partial charge on any atom is 0.0994 e. The highest BCUT2D eigenvalue weighted by Gasteiger charge is 1.89. The van der Waals surface area contributed by atoms with Crippen LogP contribution in [0.2, 0.25) is 0 Å². The minimum Gasteiger partial charge on any atom is -0.192 e. The van der Waals surface area contributed by atoms with Gasteiger partial charge < -0.3 is 0 Å². The third kappa shape index (κ3) is 3.27. The van der Waals surface area contributed by atoms with Crippen molar-refractivity contribution in [2.75, 3.05) is 0 Å². The molecule has 0 aromatic heterocycles. The first-order chi connectivity index (χ1) is 4.34. The largest absolute Gasteiger partial charge is 0.192 e. The summed E-state index contributed by atoms with van der Waals surface area (Å²) in [7, 11) is 0. The quantitative estimate of drug-likeness (QED) is 0.616. The molecule has 0 aliphatic heterocycles. The molecule has 0 fully saturated rings. The van der Waals surface area contributed by atoms with Crippen molar-refractivity contribution in [1.29, 1.82) is 5.26 Å². The van der Waals surface area contributed by atoms with Gasteiger partial charge in [0.2, 0.25) is 0 Å². The first-order valence-electron chi connectivity index (χ1n) is 2.80. The predicted octanol–water partition coefficient (Wildman–Crippen LogP) is 2.71. The van der Waals surface area contributed by atoms with Crippen molar-refractivity contribution in [2.24, 2.45) is 0 Å². The van der Waals surface area contributed by atoms with Crippen LogP contribution in [0.3, 0.4) is 0 Å². The molecule has 0 saturated carbocycles. The van der Waals surface area contributed by atoms with Crippen molar-refractivity contribution in [1.82, 2.24) is 0 Å². The molecule has 0 spiro atoms. The normalized spacial score (nSPS) is 6.91. The van der Waals surface area contributed by atoms with E-state index in [0.717, 1.165) is 11.1 Å². The Morgan fingerprint density at radius 2 is 1.73 bits per heavy atom. The molecule has 0 atom stereocenters. The molecular formula is C8H9Cl2N. The molecule has 1 aromatic carbocycles. The summed E-state index contributed by atoms with van der Waals surface area (Å²) < 4.78 is 0. The molecule has 11 heavy (non-hydrogen) atoms. The number of aryl methyl sites for hydroxylation is 1. The van der Waals surface area contributed by atoms with Gasteiger partial charge in [-0.05, 0) is 18.6 Å². The lowest BCUT2D eigenvalue weighted by Gasteiger charge is -1.90. The van der Waals surface area contributed by atoms with Gasteiger partial charge in [0.05, 0.1) is 11.6 Å². The van der Waals surface area contributed by atoms with Crippen LogP contribution in [0.4, 0.5) is 0 Å². The monoisotopic (exact) mass is 189 g/mol. The summed E-state index contributed by atoms with van der Waals surface area (Å²) in [6, 6.07) is 9.63. The van der Waals surface area contributed by atoms with E-state index >= 15 is 0 Å². The average molecular weight is 190 g/mol. The minimum absolute atomic E-state index is 0. The number of halogens is 2. The lowest BCUT2D eigenvalue weighted by Crippen LogP contribution is -1.77. The zero-order valence-electron chi connectivity index (χ0n) is 6.07. The van der Waals surface area contributed by atoms with E-state index in [4.69, 9.17) is 5.26 Å². The Labute approximate surface area is 78.9 Å². The van der Waals surface area contributed by atoms with Crippen molar-refractivity contribution in [3.05, 3.63) is 35.4 Å². The van der Waals surface area contributed by atoms with Crippen LogP contribution >= 0.6 is 24.8 Å². The lowest BCUT2D eigenvalue weighted by molar-refractivity contribution is 1.39. The van der Waals surface area contributed by atoms with Crippen molar-refractivity contribution in [2.45, 2.75) is 6.92 Å². The number of benzene rings is 1. The van der Waals surface area contributed by atoms with Crippen molar-refractivity contribution >= 4 is 24.8 Å². The van der Waals surface area contributed by atoms with Gasteiger partial charge in [-0.1, -0.05) is 18.2 Å². The molecule has 0 heterocycles. The predicted molar refractivity (Wildman–Crippen MR) is 50.4 cm³/mol. The topological polar surface area (TPSA) is 23.8 Å². The van der Waals surface area contributed by atoms with Gasteiger partial charge in [-0.15, -0.1) is 24.8 Å². The van der Waals surface area contributed by atoms with Crippen LogP contribution in [-0.2, 0) is 0 Å². The Bertz CT molecular complexity index is 253. The summed E-state index contributed by atoms with van der Waals surface area (Å²) in [5.74, 6) is 0. The second-order valence-electron chi connectivity index (χ2n) is 1.93. The summed E-state index contributed by atoms with van der Waals surface area (Å²) in [5, 5.41) is 8.47. The Morgan fingerprint density at radius 1 is 1.18 bits per heavy atom. The number of hydrogen-bond donors (Lipinski definition) is 0. The Balaban J connectivity index is 0. The van der Waals surface area contributed by atoms with Gasteiger partial charge in [0.25, 0.3) is 0 Å². The van der Waals surface area contributed by atoms with Gasteiger partial charge in [0, 0.05) is 0 Å². The molecule has 1 aromatic rings. The van der Waals surface area contributed by atoms with Crippen molar-refractivity contribution in [3.8, 4) is 6.07 Å². The molecule has 0 N–H and O–H groups in total. The first-order valence-corrected chi connectivity index (χ1v) is 2.80. The Kier molecular flexibility index (Phi) is 7.08. The van der Waals surface area contributed by atoms with Crippen LogP contribution in [0.15, 0.2) is 24.3 Å². The standard InChI is InChI=1S/C8H7N.2ClH/c1-7-4-2-3-5-8(7)6-9;;/h2-5H,1H3;2*1H. The highest BCUT2D eigenvalue weighted by atomic mass is 35.5. The van der Waals surface area contributed by atoms with E-state index in [9.17, 15) is 0 Å². The molecule has 60 valence electrons. The van der Waals surface area contributed by atoms with Gasteiger partial charge in [-0.2, -0.15) is 5.26 Å². The number of hydrogen-bond acceptors (Lipinski definition) is 1. The second-order valence-corrected chi connectivity index (χ2v) is 1.93. The lowest BCUT2D eigenvalue weighted by atomic mass is 10.1. The molecule has 0 amide bonds. The fourth-order valence-corrected chi connectivity index (χ4v) is 0.698. The molecule has 0 unspecified atom stereocenters. The molecule has 0 bridgehead atoms. The first kappa shape index (κ1) is 12.9. The van der Waals surface area contributed by atoms with E-state index in [0.29, 0.717) is 0 Å². The molecular weight excluding hydrogens is 181 g/mol. The fraction of sp³-hybridized carbons (Fsp3) is 0.125. The molecule has 0 saturated heterocycles. The molecule has 0 aliphatic carbocycles. The van der Waals surface area contributed by atoms with E-state index < -0.39 is 0 Å². The molecule has 1 rings (SSSR count). The number of rotatable bonds is 0. The molecule has 0 radical (unpaired) electrons. The summed E-state index contributed by atoms with van der Waals surface area (Å²) in [6.45, 7) is 1.93. The number of nitrogens with zero attached hydrogens (tertiary/aromatic N) is 1. The third-order valence-electron chi connectivity index (χ3n) is 1.27. The van der Waals surface area contributed by atoms with Crippen LogP contribution in [0.1, 0.15) is 11.1 Å². The van der Waals surface area contributed by atoms with Crippen LogP contribution in [0.25, 0.3) is 0 Å². The zero-order valence-corrected chi connectivity index (χ0v) is 7.71. The summed E-state index contributed by atoms with van der Waals surface area (Å²) in [6.07, 6.45) is 0. The van der Waals surface area contributed by atoms with Gasteiger partial charge in [0.15, 0.2) is 0 Å². The van der Waals surface area contributed by atoms with E-state index in [1.165, 1.54) is 0 Å². The highest BCUT2D eigenvalue weighted by Crippen LogP contribution is 2.03.